The normalized spacial score (nSPS) is 17.9. The second-order valence-corrected chi connectivity index (χ2v) is 8.89. The van der Waals surface area contributed by atoms with Crippen molar-refractivity contribution in [2.24, 2.45) is 0 Å². The van der Waals surface area contributed by atoms with Crippen LogP contribution >= 0.6 is 0 Å². The maximum atomic E-state index is 13.3. The summed E-state index contributed by atoms with van der Waals surface area (Å²) in [7, 11) is -3.73. The molecule has 29 heavy (non-hydrogen) atoms. The van der Waals surface area contributed by atoms with E-state index in [1.165, 1.54) is 28.6 Å². The minimum absolute atomic E-state index is 0.0671. The van der Waals surface area contributed by atoms with E-state index in [0.717, 1.165) is 24.1 Å². The van der Waals surface area contributed by atoms with Gasteiger partial charge in [0, 0.05) is 37.0 Å². The third-order valence-corrected chi connectivity index (χ3v) is 6.95. The van der Waals surface area contributed by atoms with Crippen LogP contribution in [-0.2, 0) is 10.0 Å². The first-order valence-corrected chi connectivity index (χ1v) is 10.7. The highest BCUT2D eigenvalue weighted by Crippen LogP contribution is 2.33. The molecule has 1 atom stereocenters. The fraction of sp³-hybridized carbons (Fsp3) is 0.238. The summed E-state index contributed by atoms with van der Waals surface area (Å²) >= 11 is 0. The number of nitrogens with zero attached hydrogens (tertiary/aromatic N) is 3. The third kappa shape index (κ3) is 4.04. The molecule has 1 aliphatic heterocycles. The van der Waals surface area contributed by atoms with Crippen LogP contribution < -0.4 is 0 Å². The maximum Gasteiger partial charge on any atom is 0.243 e. The summed E-state index contributed by atoms with van der Waals surface area (Å²) in [6.07, 6.45) is 4.58. The number of benzene rings is 2. The average molecular weight is 415 g/mol. The van der Waals surface area contributed by atoms with Crippen molar-refractivity contribution in [1.82, 2.24) is 14.3 Å². The summed E-state index contributed by atoms with van der Waals surface area (Å²) in [5.74, 6) is -0.967. The van der Waals surface area contributed by atoms with Crippen molar-refractivity contribution < 1.29 is 17.2 Å². The van der Waals surface area contributed by atoms with Gasteiger partial charge in [-0.3, -0.25) is 9.97 Å². The number of halogens is 2. The Morgan fingerprint density at radius 2 is 1.52 bits per heavy atom. The fourth-order valence-electron chi connectivity index (χ4n) is 3.62. The van der Waals surface area contributed by atoms with Gasteiger partial charge in [0.05, 0.1) is 16.3 Å². The van der Waals surface area contributed by atoms with Crippen LogP contribution in [-0.4, -0.2) is 35.8 Å². The first-order valence-electron chi connectivity index (χ1n) is 9.28. The summed E-state index contributed by atoms with van der Waals surface area (Å²) in [6.45, 7) is 0.648. The molecule has 4 rings (SSSR count). The lowest BCUT2D eigenvalue weighted by molar-refractivity contribution is 0.312. The Morgan fingerprint density at radius 3 is 2.21 bits per heavy atom. The van der Waals surface area contributed by atoms with Crippen LogP contribution in [0.4, 0.5) is 8.78 Å². The Kier molecular flexibility index (Phi) is 5.38. The van der Waals surface area contributed by atoms with Crippen LogP contribution in [0.2, 0.25) is 0 Å². The van der Waals surface area contributed by atoms with Crippen molar-refractivity contribution in [2.75, 3.05) is 13.1 Å². The van der Waals surface area contributed by atoms with Crippen LogP contribution in [0.5, 0.6) is 0 Å². The molecule has 0 saturated carbocycles. The molecule has 0 aliphatic carbocycles. The van der Waals surface area contributed by atoms with Gasteiger partial charge in [0.1, 0.15) is 11.6 Å². The lowest BCUT2D eigenvalue weighted by Crippen LogP contribution is -2.39. The number of hydrogen-bond acceptors (Lipinski definition) is 4. The summed E-state index contributed by atoms with van der Waals surface area (Å²) < 4.78 is 53.9. The second-order valence-electron chi connectivity index (χ2n) is 6.95. The summed E-state index contributed by atoms with van der Waals surface area (Å²) in [5, 5.41) is 0. The molecule has 8 heteroatoms. The van der Waals surface area contributed by atoms with Crippen molar-refractivity contribution in [1.29, 1.82) is 0 Å². The van der Waals surface area contributed by atoms with Gasteiger partial charge in [-0.05, 0) is 61.4 Å². The molecule has 0 radical (unpaired) electrons. The van der Waals surface area contributed by atoms with Crippen LogP contribution in [0.15, 0.2) is 65.8 Å². The zero-order chi connectivity index (χ0) is 20.4. The number of hydrogen-bond donors (Lipinski definition) is 0. The Bertz CT molecular complexity index is 1100. The molecule has 0 bridgehead atoms. The first kappa shape index (κ1) is 19.6. The van der Waals surface area contributed by atoms with Crippen molar-refractivity contribution in [3.8, 4) is 11.3 Å². The topological polar surface area (TPSA) is 63.2 Å². The van der Waals surface area contributed by atoms with Crippen LogP contribution in [0.25, 0.3) is 11.3 Å². The van der Waals surface area contributed by atoms with E-state index in [0.29, 0.717) is 24.4 Å². The second kappa shape index (κ2) is 7.96. The fourth-order valence-corrected chi connectivity index (χ4v) is 5.14. The molecule has 2 heterocycles. The summed E-state index contributed by atoms with van der Waals surface area (Å²) in [4.78, 5) is 8.96. The number of aromatic nitrogens is 2. The molecule has 0 N–H and O–H groups in total. The molecule has 2 aromatic carbocycles. The highest BCUT2D eigenvalue weighted by atomic mass is 32.2. The Morgan fingerprint density at radius 1 is 0.897 bits per heavy atom. The van der Waals surface area contributed by atoms with Gasteiger partial charge in [0.25, 0.3) is 0 Å². The van der Waals surface area contributed by atoms with E-state index >= 15 is 0 Å². The molecule has 0 unspecified atom stereocenters. The lowest BCUT2D eigenvalue weighted by Gasteiger charge is -2.32. The quantitative estimate of drug-likeness (QED) is 0.646. The molecule has 1 aromatic heterocycles. The minimum atomic E-state index is -3.73. The van der Waals surface area contributed by atoms with Gasteiger partial charge < -0.3 is 0 Å². The third-order valence-electron chi connectivity index (χ3n) is 5.07. The number of sulfonamides is 1. The lowest BCUT2D eigenvalue weighted by atomic mass is 9.92. The average Bonchev–Trinajstić information content (AvgIpc) is 2.75. The molecule has 1 aliphatic rings. The van der Waals surface area contributed by atoms with Crippen molar-refractivity contribution >= 4 is 10.0 Å². The molecule has 1 fully saturated rings. The van der Waals surface area contributed by atoms with Crippen LogP contribution in [0.3, 0.4) is 0 Å². The Hall–Kier alpha value is -2.71. The van der Waals surface area contributed by atoms with Gasteiger partial charge in [-0.15, -0.1) is 0 Å². The molecule has 0 spiro atoms. The molecular weight excluding hydrogens is 396 g/mol. The predicted octanol–water partition coefficient (Wildman–Crippen LogP) is 3.99. The Balaban J connectivity index is 1.64. The summed E-state index contributed by atoms with van der Waals surface area (Å²) in [6, 6.07) is 10.8. The minimum Gasteiger partial charge on any atom is -0.257 e. The first-order chi connectivity index (χ1) is 13.9. The highest BCUT2D eigenvalue weighted by molar-refractivity contribution is 7.89. The van der Waals surface area contributed by atoms with E-state index in [2.05, 4.69) is 9.97 Å². The Labute approximate surface area is 168 Å². The van der Waals surface area contributed by atoms with Crippen LogP contribution in [0.1, 0.15) is 24.5 Å². The van der Waals surface area contributed by atoms with E-state index in [4.69, 9.17) is 0 Å². The van der Waals surface area contributed by atoms with E-state index in [9.17, 15) is 17.2 Å². The van der Waals surface area contributed by atoms with Crippen molar-refractivity contribution in [2.45, 2.75) is 23.7 Å². The standard InChI is InChI=1S/C21H19F2N3O2S/c22-17-5-3-15(4-6-17)20-21(25-12-11-24-20)16-2-1-13-26(14-16)29(27,28)19-9-7-18(23)8-10-19/h3-12,16H,1-2,13-14H2/t16-/m1/s1. The molecule has 1 saturated heterocycles. The van der Waals surface area contributed by atoms with E-state index < -0.39 is 15.8 Å². The summed E-state index contributed by atoms with van der Waals surface area (Å²) in [5.41, 5.74) is 2.05. The number of rotatable bonds is 4. The van der Waals surface area contributed by atoms with Gasteiger partial charge in [-0.1, -0.05) is 0 Å². The maximum absolute atomic E-state index is 13.3. The van der Waals surface area contributed by atoms with Gasteiger partial charge in [0.15, 0.2) is 0 Å². The zero-order valence-corrected chi connectivity index (χ0v) is 16.3. The van der Waals surface area contributed by atoms with E-state index in [-0.39, 0.29) is 23.2 Å². The molecule has 5 nitrogen and oxygen atoms in total. The van der Waals surface area contributed by atoms with Crippen LogP contribution in [0, 0.1) is 11.6 Å². The van der Waals surface area contributed by atoms with Gasteiger partial charge >= 0.3 is 0 Å². The van der Waals surface area contributed by atoms with Gasteiger partial charge in [0.2, 0.25) is 10.0 Å². The largest absolute Gasteiger partial charge is 0.257 e. The van der Waals surface area contributed by atoms with Crippen molar-refractivity contribution in [3.63, 3.8) is 0 Å². The SMILES string of the molecule is O=S(=O)(c1ccc(F)cc1)N1CCC[C@@H](c2nccnc2-c2ccc(F)cc2)C1. The predicted molar refractivity (Wildman–Crippen MR) is 105 cm³/mol. The van der Waals surface area contributed by atoms with E-state index in [1.807, 2.05) is 0 Å². The molecular formula is C21H19F2N3O2S. The van der Waals surface area contributed by atoms with Crippen molar-refractivity contribution in [3.05, 3.63) is 78.3 Å². The molecule has 0 amide bonds. The molecule has 3 aromatic rings. The van der Waals surface area contributed by atoms with Gasteiger partial charge in [-0.2, -0.15) is 4.31 Å². The zero-order valence-electron chi connectivity index (χ0n) is 15.5. The monoisotopic (exact) mass is 415 g/mol. The van der Waals surface area contributed by atoms with E-state index in [1.54, 1.807) is 24.5 Å². The highest BCUT2D eigenvalue weighted by Gasteiger charge is 2.32. The van der Waals surface area contributed by atoms with Gasteiger partial charge in [-0.25, -0.2) is 17.2 Å². The smallest absolute Gasteiger partial charge is 0.243 e. The number of piperidine rings is 1. The molecule has 150 valence electrons.